The van der Waals surface area contributed by atoms with Gasteiger partial charge in [-0.25, -0.2) is 0 Å². The Hall–Kier alpha value is 1.30. The van der Waals surface area contributed by atoms with Crippen molar-refractivity contribution in [3.8, 4) is 0 Å². The molecule has 6 saturated carbocycles. The van der Waals surface area contributed by atoms with Crippen LogP contribution in [0.4, 0.5) is 0 Å². The maximum Gasteiger partial charge on any atom is 2.00 e. The van der Waals surface area contributed by atoms with E-state index in [2.05, 4.69) is 0 Å². The van der Waals surface area contributed by atoms with Crippen molar-refractivity contribution in [2.75, 3.05) is 0 Å². The first kappa shape index (κ1) is 25.9. The maximum atomic E-state index is 10.2. The molecule has 0 radical (unpaired) electrons. The fraction of sp³-hybridized carbons (Fsp3) is 0.923. The van der Waals surface area contributed by atoms with Crippen LogP contribution in [0.2, 0.25) is 0 Å². The monoisotopic (exact) mass is 754 g/mol. The van der Waals surface area contributed by atoms with Crippen LogP contribution in [0.15, 0.2) is 0 Å². The van der Waals surface area contributed by atoms with Crippen LogP contribution in [-0.2, 0) is 42.1 Å². The van der Waals surface area contributed by atoms with E-state index in [1.165, 1.54) is 103 Å². The van der Waals surface area contributed by atoms with Crippen molar-refractivity contribution in [2.24, 2.45) is 47.3 Å². The third-order valence-electron chi connectivity index (χ3n) is 9.90. The topological polar surface area (TPSA) is 40.5 Å². The van der Waals surface area contributed by atoms with Crippen LogP contribution >= 0.6 is 0 Å². The van der Waals surface area contributed by atoms with Crippen molar-refractivity contribution in [2.45, 2.75) is 103 Å². The molecule has 0 aromatic heterocycles. The smallest absolute Gasteiger partial charge is 0.562 e. The van der Waals surface area contributed by atoms with Crippen LogP contribution in [0.5, 0.6) is 0 Å². The van der Waals surface area contributed by atoms with Gasteiger partial charge in [-0.2, -0.15) is 12.2 Å². The molecule has 2 nitrogen and oxygen atoms in total. The van der Waals surface area contributed by atoms with Gasteiger partial charge in [0.1, 0.15) is 0 Å². The van der Waals surface area contributed by atoms with E-state index in [1.807, 2.05) is 0 Å². The van der Waals surface area contributed by atoms with Crippen LogP contribution < -0.4 is 0 Å². The van der Waals surface area contributed by atoms with E-state index in [4.69, 9.17) is 0 Å². The van der Waals surface area contributed by atoms with Crippen LogP contribution in [0.25, 0.3) is 0 Å². The first-order valence-electron chi connectivity index (χ1n) is 12.9. The summed E-state index contributed by atoms with van der Waals surface area (Å²) in [6.45, 7) is 0. The van der Waals surface area contributed by atoms with E-state index in [9.17, 15) is 10.2 Å². The second-order valence-corrected chi connectivity index (χ2v) is 11.1. The summed E-state index contributed by atoms with van der Waals surface area (Å²) in [6.07, 6.45) is 23.6. The molecule has 6 aliphatic rings. The number of aliphatic hydroxyl groups is 2. The molecule has 4 heteroatoms. The SMILES string of the molecule is O[C-]1C2CCCCC2C2CCCCC12.O[C-]1C2CCCCC2C2CCCCC12.[W+2].[W]. The van der Waals surface area contributed by atoms with Gasteiger partial charge in [-0.3, -0.25) is 0 Å². The Labute approximate surface area is 213 Å². The number of hydrogen-bond donors (Lipinski definition) is 2. The zero-order valence-electron chi connectivity index (χ0n) is 18.6. The van der Waals surface area contributed by atoms with E-state index >= 15 is 0 Å². The normalized spacial score (nSPS) is 45.4. The van der Waals surface area contributed by atoms with Crippen molar-refractivity contribution in [3.05, 3.63) is 12.2 Å². The maximum absolute atomic E-state index is 10.2. The van der Waals surface area contributed by atoms with Crippen molar-refractivity contribution < 1.29 is 52.3 Å². The Kier molecular flexibility index (Phi) is 10.0. The van der Waals surface area contributed by atoms with E-state index in [-0.39, 0.29) is 42.1 Å². The summed E-state index contributed by atoms with van der Waals surface area (Å²) >= 11 is 0. The van der Waals surface area contributed by atoms with E-state index in [0.717, 1.165) is 35.9 Å². The van der Waals surface area contributed by atoms with Crippen molar-refractivity contribution in [1.82, 2.24) is 0 Å². The van der Waals surface area contributed by atoms with Gasteiger partial charge in [0.15, 0.2) is 0 Å². The molecule has 6 rings (SSSR count). The Balaban J connectivity index is 0.000000160. The molecule has 0 bridgehead atoms. The average Bonchev–Trinajstić information content (AvgIpc) is 3.22. The molecule has 0 saturated heterocycles. The summed E-state index contributed by atoms with van der Waals surface area (Å²) in [4.78, 5) is 0. The fourth-order valence-electron chi connectivity index (χ4n) is 8.71. The number of hydrogen-bond acceptors (Lipinski definition) is 2. The van der Waals surface area contributed by atoms with Gasteiger partial charge in [0, 0.05) is 21.1 Å². The van der Waals surface area contributed by atoms with Crippen molar-refractivity contribution in [3.63, 3.8) is 0 Å². The molecule has 6 fully saturated rings. The zero-order chi connectivity index (χ0) is 19.1. The first-order valence-corrected chi connectivity index (χ1v) is 12.9. The molecule has 0 spiro atoms. The van der Waals surface area contributed by atoms with Gasteiger partial charge < -0.3 is 10.2 Å². The molecular weight excluding hydrogens is 712 g/mol. The average molecular weight is 754 g/mol. The van der Waals surface area contributed by atoms with Gasteiger partial charge in [0.05, 0.1) is 0 Å². The summed E-state index contributed by atoms with van der Waals surface area (Å²) in [5, 5.41) is 20.5. The first-order chi connectivity index (χ1) is 13.8. The summed E-state index contributed by atoms with van der Waals surface area (Å²) in [5.41, 5.74) is 0. The van der Waals surface area contributed by atoms with Crippen LogP contribution in [-0.4, -0.2) is 10.2 Å². The summed E-state index contributed by atoms with van der Waals surface area (Å²) in [7, 11) is 0. The molecule has 170 valence electrons. The van der Waals surface area contributed by atoms with Gasteiger partial charge >= 0.3 is 21.1 Å². The number of rotatable bonds is 0. The second-order valence-electron chi connectivity index (χ2n) is 11.1. The molecule has 0 heterocycles. The molecule has 6 aliphatic carbocycles. The minimum absolute atomic E-state index is 0. The number of fused-ring (bicyclic) bond motifs is 6. The summed E-state index contributed by atoms with van der Waals surface area (Å²) in [6, 6.07) is 0. The summed E-state index contributed by atoms with van der Waals surface area (Å²) < 4.78 is 0. The molecule has 0 aromatic rings. The minimum Gasteiger partial charge on any atom is -0.562 e. The molecule has 0 amide bonds. The Bertz CT molecular complexity index is 439. The molecular formula is C26H42O2W2. The van der Waals surface area contributed by atoms with Gasteiger partial charge in [0.25, 0.3) is 0 Å². The Morgan fingerprint density at radius 2 is 0.600 bits per heavy atom. The predicted molar refractivity (Wildman–Crippen MR) is 112 cm³/mol. The summed E-state index contributed by atoms with van der Waals surface area (Å²) in [5.74, 6) is 5.91. The zero-order valence-corrected chi connectivity index (χ0v) is 24.5. The van der Waals surface area contributed by atoms with Crippen molar-refractivity contribution in [1.29, 1.82) is 0 Å². The van der Waals surface area contributed by atoms with E-state index in [0.29, 0.717) is 23.7 Å². The van der Waals surface area contributed by atoms with E-state index in [1.54, 1.807) is 0 Å². The minimum atomic E-state index is 0. The van der Waals surface area contributed by atoms with Gasteiger partial charge in [-0.1, -0.05) is 126 Å². The molecule has 8 unspecified atom stereocenters. The van der Waals surface area contributed by atoms with Crippen molar-refractivity contribution >= 4 is 0 Å². The predicted octanol–water partition coefficient (Wildman–Crippen LogP) is 7.03. The Morgan fingerprint density at radius 1 is 0.400 bits per heavy atom. The van der Waals surface area contributed by atoms with Crippen LogP contribution in [0.1, 0.15) is 103 Å². The molecule has 8 atom stereocenters. The standard InChI is InChI=1S/2C13H21O.2W/c2*14-13-11-7-3-1-5-9(11)10-6-2-4-8-12(10)13;;/h2*9-12,14H,1-8H2;;/q2*-1;;+2. The quantitative estimate of drug-likeness (QED) is 0.261. The molecule has 2 N–H and O–H groups in total. The van der Waals surface area contributed by atoms with E-state index < -0.39 is 0 Å². The van der Waals surface area contributed by atoms with Gasteiger partial charge in [0.2, 0.25) is 0 Å². The third-order valence-corrected chi connectivity index (χ3v) is 9.90. The van der Waals surface area contributed by atoms with Crippen LogP contribution in [0, 0.1) is 59.6 Å². The number of aliphatic hydroxyl groups excluding tert-OH is 2. The van der Waals surface area contributed by atoms with Crippen LogP contribution in [0.3, 0.4) is 0 Å². The third kappa shape index (κ3) is 4.88. The van der Waals surface area contributed by atoms with Gasteiger partial charge in [-0.15, -0.1) is 23.7 Å². The Morgan fingerprint density at radius 3 is 0.833 bits per heavy atom. The molecule has 30 heavy (non-hydrogen) atoms. The largest absolute Gasteiger partial charge is 2.00 e. The molecule has 0 aliphatic heterocycles. The second kappa shape index (κ2) is 11.6. The fourth-order valence-corrected chi connectivity index (χ4v) is 8.71. The van der Waals surface area contributed by atoms with Gasteiger partial charge in [-0.05, 0) is 0 Å². The molecule has 0 aromatic carbocycles.